The predicted molar refractivity (Wildman–Crippen MR) is 103 cm³/mol. The zero-order chi connectivity index (χ0) is 19.1. The first kappa shape index (κ1) is 19.7. The molecule has 0 aliphatic rings. The Morgan fingerprint density at radius 1 is 1.04 bits per heavy atom. The Morgan fingerprint density at radius 2 is 1.73 bits per heavy atom. The Balaban J connectivity index is 1.76. The van der Waals surface area contributed by atoms with Gasteiger partial charge < -0.3 is 10.1 Å². The zero-order valence-corrected chi connectivity index (χ0v) is 15.8. The first-order chi connectivity index (χ1) is 12.3. The van der Waals surface area contributed by atoms with E-state index >= 15 is 0 Å². The predicted octanol–water partition coefficient (Wildman–Crippen LogP) is 3.78. The van der Waals surface area contributed by atoms with Crippen LogP contribution >= 0.6 is 11.8 Å². The minimum absolute atomic E-state index is 0.0434. The summed E-state index contributed by atoms with van der Waals surface area (Å²) in [6.07, 6.45) is 0. The van der Waals surface area contributed by atoms with Gasteiger partial charge in [-0.2, -0.15) is 0 Å². The summed E-state index contributed by atoms with van der Waals surface area (Å²) in [6, 6.07) is 12.6. The summed E-state index contributed by atoms with van der Waals surface area (Å²) in [4.78, 5) is 35.9. The lowest BCUT2D eigenvalue weighted by molar-refractivity contribution is -0.144. The van der Waals surface area contributed by atoms with Gasteiger partial charge in [-0.05, 0) is 56.7 Å². The fourth-order valence-electron chi connectivity index (χ4n) is 2.17. The fourth-order valence-corrected chi connectivity index (χ4v) is 3.09. The second kappa shape index (κ2) is 9.20. The third-order valence-corrected chi connectivity index (χ3v) is 4.76. The van der Waals surface area contributed by atoms with Gasteiger partial charge in [0.2, 0.25) is 0 Å². The third-order valence-electron chi connectivity index (χ3n) is 3.63. The Bertz CT molecular complexity index is 815. The lowest BCUT2D eigenvalue weighted by Gasteiger charge is -2.08. The van der Waals surface area contributed by atoms with E-state index in [1.807, 2.05) is 32.0 Å². The largest absolute Gasteiger partial charge is 0.455 e. The van der Waals surface area contributed by atoms with Crippen LogP contribution in [0.15, 0.2) is 47.4 Å². The molecule has 2 aromatic carbocycles. The molecule has 0 spiro atoms. The number of Topliss-reactive ketones (excluding diaryl/α,β-unsaturated/α-hetero) is 1. The van der Waals surface area contributed by atoms with Gasteiger partial charge in [-0.1, -0.05) is 17.7 Å². The molecule has 0 atom stereocenters. The number of esters is 1. The first-order valence-corrected chi connectivity index (χ1v) is 9.10. The topological polar surface area (TPSA) is 72.5 Å². The van der Waals surface area contributed by atoms with Crippen LogP contribution in [0.5, 0.6) is 0 Å². The minimum atomic E-state index is -0.446. The molecule has 0 radical (unpaired) electrons. The number of amides is 1. The lowest BCUT2D eigenvalue weighted by atomic mass is 10.1. The molecule has 0 unspecified atom stereocenters. The van der Waals surface area contributed by atoms with Crippen LogP contribution in [-0.2, 0) is 14.3 Å². The number of carbonyl (C=O) groups excluding carboxylic acids is 3. The molecule has 1 amide bonds. The quantitative estimate of drug-likeness (QED) is 0.456. The second-order valence-electron chi connectivity index (χ2n) is 5.90. The van der Waals surface area contributed by atoms with Crippen molar-refractivity contribution in [1.29, 1.82) is 0 Å². The van der Waals surface area contributed by atoms with Crippen molar-refractivity contribution in [2.24, 2.45) is 0 Å². The zero-order valence-electron chi connectivity index (χ0n) is 15.0. The van der Waals surface area contributed by atoms with E-state index in [2.05, 4.69) is 5.32 Å². The van der Waals surface area contributed by atoms with Gasteiger partial charge in [0.05, 0.1) is 5.75 Å². The number of aryl methyl sites for hydroxylation is 2. The normalized spacial score (nSPS) is 10.3. The number of anilines is 1. The van der Waals surface area contributed by atoms with Crippen LogP contribution in [0.1, 0.15) is 28.4 Å². The molecule has 5 nitrogen and oxygen atoms in total. The second-order valence-corrected chi connectivity index (χ2v) is 6.92. The van der Waals surface area contributed by atoms with Gasteiger partial charge in [0, 0.05) is 16.1 Å². The maximum atomic E-state index is 11.8. The number of hydrogen-bond donors (Lipinski definition) is 1. The van der Waals surface area contributed by atoms with Crippen LogP contribution in [0.4, 0.5) is 5.69 Å². The van der Waals surface area contributed by atoms with Gasteiger partial charge in [-0.25, -0.2) is 0 Å². The van der Waals surface area contributed by atoms with Crippen molar-refractivity contribution in [1.82, 2.24) is 0 Å². The van der Waals surface area contributed by atoms with Gasteiger partial charge in [-0.15, -0.1) is 11.8 Å². The van der Waals surface area contributed by atoms with E-state index in [1.165, 1.54) is 18.7 Å². The Labute approximate surface area is 157 Å². The molecular weight excluding hydrogens is 350 g/mol. The molecule has 0 aliphatic carbocycles. The van der Waals surface area contributed by atoms with Crippen molar-refractivity contribution in [3.05, 3.63) is 59.2 Å². The van der Waals surface area contributed by atoms with Gasteiger partial charge in [0.25, 0.3) is 5.91 Å². The average molecular weight is 371 g/mol. The summed E-state index contributed by atoms with van der Waals surface area (Å²) < 4.78 is 5.00. The van der Waals surface area contributed by atoms with Crippen molar-refractivity contribution in [2.75, 3.05) is 17.7 Å². The molecule has 0 fully saturated rings. The monoisotopic (exact) mass is 371 g/mol. The van der Waals surface area contributed by atoms with E-state index in [-0.39, 0.29) is 18.1 Å². The van der Waals surface area contributed by atoms with E-state index < -0.39 is 11.9 Å². The standard InChI is InChI=1S/C20H21NO4S/c1-13-4-5-14(2)18(10-13)26-12-20(24)25-11-19(23)21-17-8-6-16(7-9-17)15(3)22/h4-10H,11-12H2,1-3H3,(H,21,23). The molecular formula is C20H21NO4S. The number of ketones is 1. The van der Waals surface area contributed by atoms with Gasteiger partial charge in [0.1, 0.15) is 0 Å². The lowest BCUT2D eigenvalue weighted by Crippen LogP contribution is -2.21. The smallest absolute Gasteiger partial charge is 0.316 e. The molecule has 0 aliphatic heterocycles. The maximum Gasteiger partial charge on any atom is 0.316 e. The van der Waals surface area contributed by atoms with Crippen LogP contribution in [0.25, 0.3) is 0 Å². The molecule has 1 N–H and O–H groups in total. The number of rotatable bonds is 7. The molecule has 2 aromatic rings. The van der Waals surface area contributed by atoms with Gasteiger partial charge >= 0.3 is 5.97 Å². The van der Waals surface area contributed by atoms with E-state index in [0.29, 0.717) is 11.3 Å². The molecule has 0 aromatic heterocycles. The highest BCUT2D eigenvalue weighted by Gasteiger charge is 2.10. The van der Waals surface area contributed by atoms with Crippen LogP contribution in [0, 0.1) is 13.8 Å². The number of thioether (sulfide) groups is 1. The van der Waals surface area contributed by atoms with Crippen molar-refractivity contribution < 1.29 is 19.1 Å². The van der Waals surface area contributed by atoms with Crippen molar-refractivity contribution in [3.8, 4) is 0 Å². The Hall–Kier alpha value is -2.60. The summed E-state index contributed by atoms with van der Waals surface area (Å²) in [6.45, 7) is 5.11. The van der Waals surface area contributed by atoms with Crippen molar-refractivity contribution in [2.45, 2.75) is 25.7 Å². The summed E-state index contributed by atoms with van der Waals surface area (Å²) >= 11 is 1.39. The van der Waals surface area contributed by atoms with Crippen LogP contribution in [0.2, 0.25) is 0 Å². The molecule has 2 rings (SSSR count). The summed E-state index contributed by atoms with van der Waals surface area (Å²) in [5.74, 6) is -0.771. The third kappa shape index (κ3) is 6.04. The van der Waals surface area contributed by atoms with Crippen LogP contribution < -0.4 is 5.32 Å². The molecule has 0 saturated heterocycles. The molecule has 26 heavy (non-hydrogen) atoms. The molecule has 0 heterocycles. The maximum absolute atomic E-state index is 11.8. The molecule has 6 heteroatoms. The van der Waals surface area contributed by atoms with E-state index in [4.69, 9.17) is 4.74 Å². The van der Waals surface area contributed by atoms with E-state index in [1.54, 1.807) is 24.3 Å². The SMILES string of the molecule is CC(=O)c1ccc(NC(=O)COC(=O)CSc2cc(C)ccc2C)cc1. The fraction of sp³-hybridized carbons (Fsp3) is 0.250. The van der Waals surface area contributed by atoms with Gasteiger partial charge in [0.15, 0.2) is 12.4 Å². The Morgan fingerprint density at radius 3 is 2.38 bits per heavy atom. The number of benzene rings is 2. The highest BCUT2D eigenvalue weighted by molar-refractivity contribution is 8.00. The van der Waals surface area contributed by atoms with Crippen LogP contribution in [0.3, 0.4) is 0 Å². The van der Waals surface area contributed by atoms with Crippen LogP contribution in [-0.4, -0.2) is 30.0 Å². The molecule has 0 bridgehead atoms. The molecule has 136 valence electrons. The summed E-state index contributed by atoms with van der Waals surface area (Å²) in [5.41, 5.74) is 3.33. The highest BCUT2D eigenvalue weighted by atomic mass is 32.2. The average Bonchev–Trinajstić information content (AvgIpc) is 2.61. The summed E-state index contributed by atoms with van der Waals surface area (Å²) in [5, 5.41) is 2.62. The van der Waals surface area contributed by atoms with E-state index in [0.717, 1.165) is 16.0 Å². The number of nitrogens with one attached hydrogen (secondary N) is 1. The number of hydrogen-bond acceptors (Lipinski definition) is 5. The Kier molecular flexibility index (Phi) is 6.97. The first-order valence-electron chi connectivity index (χ1n) is 8.11. The number of ether oxygens (including phenoxy) is 1. The van der Waals surface area contributed by atoms with Crippen molar-refractivity contribution in [3.63, 3.8) is 0 Å². The number of carbonyl (C=O) groups is 3. The van der Waals surface area contributed by atoms with Gasteiger partial charge in [-0.3, -0.25) is 14.4 Å². The summed E-state index contributed by atoms with van der Waals surface area (Å²) in [7, 11) is 0. The highest BCUT2D eigenvalue weighted by Crippen LogP contribution is 2.23. The van der Waals surface area contributed by atoms with E-state index in [9.17, 15) is 14.4 Å². The van der Waals surface area contributed by atoms with Crippen molar-refractivity contribution >= 4 is 35.1 Å². The molecule has 0 saturated carbocycles. The minimum Gasteiger partial charge on any atom is -0.455 e.